The first-order valence-electron chi connectivity index (χ1n) is 8.95. The van der Waals surface area contributed by atoms with Crippen LogP contribution in [0.3, 0.4) is 0 Å². The van der Waals surface area contributed by atoms with Crippen LogP contribution < -0.4 is 0 Å². The molecular weight excluding hydrogens is 258 g/mol. The summed E-state index contributed by atoms with van der Waals surface area (Å²) in [5.74, 6) is 0.842. The molecular formula is C18H37NSi. The summed E-state index contributed by atoms with van der Waals surface area (Å²) < 4.78 is 0. The molecule has 3 atom stereocenters. The van der Waals surface area contributed by atoms with Crippen molar-refractivity contribution in [1.82, 2.24) is 4.90 Å². The van der Waals surface area contributed by atoms with Crippen LogP contribution in [0.15, 0.2) is 11.8 Å². The third-order valence-corrected chi connectivity index (χ3v) is 9.26. The Morgan fingerprint density at radius 1 is 1.10 bits per heavy atom. The normalized spacial score (nSPS) is 22.6. The second kappa shape index (κ2) is 9.78. The molecule has 0 amide bonds. The maximum Gasteiger partial charge on any atom is 0.0648 e. The van der Waals surface area contributed by atoms with Crippen LogP contribution in [0, 0.1) is 5.92 Å². The van der Waals surface area contributed by atoms with E-state index < -0.39 is 8.80 Å². The molecule has 1 nitrogen and oxygen atoms in total. The van der Waals surface area contributed by atoms with Crippen molar-refractivity contribution in [1.29, 1.82) is 0 Å². The Kier molecular flexibility index (Phi) is 8.79. The van der Waals surface area contributed by atoms with Crippen molar-refractivity contribution in [2.24, 2.45) is 5.92 Å². The number of hydrogen-bond acceptors (Lipinski definition) is 1. The summed E-state index contributed by atoms with van der Waals surface area (Å²) in [6.07, 6.45) is 8.50. The summed E-state index contributed by atoms with van der Waals surface area (Å²) in [5, 5.41) is 1.53. The van der Waals surface area contributed by atoms with Crippen LogP contribution in [-0.2, 0) is 0 Å². The molecule has 2 heteroatoms. The first kappa shape index (κ1) is 18.0. The standard InChI is InChI=1S/C18H37NSi/c1-6-14-20(16(2)3)15-17(4)18(5)19-12-10-8-7-9-11-13-19/h17-18,20H,2,6-15H2,1,3-5H3. The molecule has 0 saturated carbocycles. The second-order valence-corrected chi connectivity index (χ2v) is 10.5. The van der Waals surface area contributed by atoms with Crippen molar-refractivity contribution in [2.45, 2.75) is 84.3 Å². The average molecular weight is 296 g/mol. The van der Waals surface area contributed by atoms with Gasteiger partial charge in [-0.15, -0.1) is 6.58 Å². The SMILES string of the molecule is C=C(C)[SiH](CCC)CC(C)C(C)N1CCCCCCC1. The van der Waals surface area contributed by atoms with Gasteiger partial charge in [0.2, 0.25) is 0 Å². The molecule has 0 aromatic rings. The number of allylic oxidation sites excluding steroid dienone is 1. The Hall–Kier alpha value is -0.0831. The molecule has 1 heterocycles. The van der Waals surface area contributed by atoms with Gasteiger partial charge in [0.1, 0.15) is 0 Å². The predicted molar refractivity (Wildman–Crippen MR) is 95.2 cm³/mol. The van der Waals surface area contributed by atoms with Gasteiger partial charge < -0.3 is 4.90 Å². The monoisotopic (exact) mass is 295 g/mol. The Labute approximate surface area is 129 Å². The van der Waals surface area contributed by atoms with Gasteiger partial charge in [-0.05, 0) is 45.7 Å². The maximum absolute atomic E-state index is 4.27. The molecule has 1 aliphatic heterocycles. The molecule has 1 fully saturated rings. The minimum Gasteiger partial charge on any atom is -0.300 e. The van der Waals surface area contributed by atoms with Gasteiger partial charge in [0.05, 0.1) is 8.80 Å². The predicted octanol–water partition coefficient (Wildman–Crippen LogP) is 5.03. The highest BCUT2D eigenvalue weighted by Crippen LogP contribution is 2.24. The van der Waals surface area contributed by atoms with E-state index in [9.17, 15) is 0 Å². The van der Waals surface area contributed by atoms with Gasteiger partial charge in [-0.1, -0.05) is 56.8 Å². The van der Waals surface area contributed by atoms with Gasteiger partial charge in [0.15, 0.2) is 0 Å². The van der Waals surface area contributed by atoms with E-state index in [2.05, 4.69) is 39.2 Å². The molecule has 0 aromatic carbocycles. The van der Waals surface area contributed by atoms with Gasteiger partial charge in [0, 0.05) is 6.04 Å². The van der Waals surface area contributed by atoms with E-state index in [0.717, 1.165) is 12.0 Å². The van der Waals surface area contributed by atoms with Crippen LogP contribution in [0.5, 0.6) is 0 Å². The Balaban J connectivity index is 2.50. The number of hydrogen-bond donors (Lipinski definition) is 0. The van der Waals surface area contributed by atoms with Gasteiger partial charge in [-0.2, -0.15) is 0 Å². The van der Waals surface area contributed by atoms with Crippen molar-refractivity contribution >= 4 is 8.80 Å². The topological polar surface area (TPSA) is 3.24 Å². The van der Waals surface area contributed by atoms with Crippen LogP contribution in [0.1, 0.15) is 66.2 Å². The van der Waals surface area contributed by atoms with E-state index in [0.29, 0.717) is 0 Å². The zero-order valence-electron chi connectivity index (χ0n) is 14.5. The summed E-state index contributed by atoms with van der Waals surface area (Å²) >= 11 is 0. The van der Waals surface area contributed by atoms with Gasteiger partial charge >= 0.3 is 0 Å². The van der Waals surface area contributed by atoms with Gasteiger partial charge in [0.25, 0.3) is 0 Å². The maximum atomic E-state index is 4.27. The zero-order valence-corrected chi connectivity index (χ0v) is 15.6. The first-order chi connectivity index (χ1) is 9.56. The lowest BCUT2D eigenvalue weighted by atomic mass is 10.0. The van der Waals surface area contributed by atoms with Gasteiger partial charge in [-0.25, -0.2) is 0 Å². The van der Waals surface area contributed by atoms with E-state index in [4.69, 9.17) is 0 Å². The van der Waals surface area contributed by atoms with Crippen molar-refractivity contribution in [3.05, 3.63) is 11.8 Å². The van der Waals surface area contributed by atoms with Crippen LogP contribution in [0.2, 0.25) is 12.1 Å². The molecule has 118 valence electrons. The van der Waals surface area contributed by atoms with Crippen molar-refractivity contribution < 1.29 is 0 Å². The van der Waals surface area contributed by atoms with E-state index in [1.165, 1.54) is 68.9 Å². The fraction of sp³-hybridized carbons (Fsp3) is 0.889. The number of rotatable bonds is 7. The summed E-state index contributed by atoms with van der Waals surface area (Å²) in [7, 11) is -0.717. The Morgan fingerprint density at radius 2 is 1.65 bits per heavy atom. The molecule has 1 aliphatic rings. The lowest BCUT2D eigenvalue weighted by Crippen LogP contribution is -2.40. The molecule has 1 rings (SSSR count). The molecule has 20 heavy (non-hydrogen) atoms. The van der Waals surface area contributed by atoms with Crippen molar-refractivity contribution in [3.8, 4) is 0 Å². The van der Waals surface area contributed by atoms with Crippen molar-refractivity contribution in [3.63, 3.8) is 0 Å². The number of nitrogens with zero attached hydrogens (tertiary/aromatic N) is 1. The molecule has 0 bridgehead atoms. The summed E-state index contributed by atoms with van der Waals surface area (Å²) in [4.78, 5) is 2.78. The van der Waals surface area contributed by atoms with E-state index in [1.807, 2.05) is 0 Å². The van der Waals surface area contributed by atoms with Crippen LogP contribution >= 0.6 is 0 Å². The first-order valence-corrected chi connectivity index (χ1v) is 11.2. The fourth-order valence-corrected chi connectivity index (χ4v) is 6.72. The molecule has 0 radical (unpaired) electrons. The molecule has 0 N–H and O–H groups in total. The number of likely N-dealkylation sites (tertiary alicyclic amines) is 1. The van der Waals surface area contributed by atoms with Crippen LogP contribution in [0.4, 0.5) is 0 Å². The largest absolute Gasteiger partial charge is 0.300 e. The van der Waals surface area contributed by atoms with E-state index in [-0.39, 0.29) is 0 Å². The average Bonchev–Trinajstić information content (AvgIpc) is 2.36. The Bertz CT molecular complexity index is 269. The smallest absolute Gasteiger partial charge is 0.0648 e. The van der Waals surface area contributed by atoms with E-state index >= 15 is 0 Å². The summed E-state index contributed by atoms with van der Waals surface area (Å²) in [5.41, 5.74) is 0. The third kappa shape index (κ3) is 6.13. The zero-order chi connectivity index (χ0) is 15.0. The quantitative estimate of drug-likeness (QED) is 0.595. The lowest BCUT2D eigenvalue weighted by molar-refractivity contribution is 0.154. The Morgan fingerprint density at radius 3 is 2.15 bits per heavy atom. The minimum absolute atomic E-state index is 0.717. The van der Waals surface area contributed by atoms with Crippen LogP contribution in [0.25, 0.3) is 0 Å². The molecule has 0 aliphatic carbocycles. The van der Waals surface area contributed by atoms with Crippen molar-refractivity contribution in [2.75, 3.05) is 13.1 Å². The summed E-state index contributed by atoms with van der Waals surface area (Å²) in [6, 6.07) is 3.67. The molecule has 0 aromatic heterocycles. The molecule has 3 unspecified atom stereocenters. The minimum atomic E-state index is -0.717. The fourth-order valence-electron chi connectivity index (χ4n) is 3.60. The highest BCUT2D eigenvalue weighted by atomic mass is 28.3. The highest BCUT2D eigenvalue weighted by molar-refractivity contribution is 6.66. The molecule has 1 saturated heterocycles. The lowest BCUT2D eigenvalue weighted by Gasteiger charge is -2.35. The van der Waals surface area contributed by atoms with E-state index in [1.54, 1.807) is 0 Å². The second-order valence-electron chi connectivity index (χ2n) is 7.09. The van der Waals surface area contributed by atoms with Crippen LogP contribution in [-0.4, -0.2) is 32.8 Å². The summed E-state index contributed by atoms with van der Waals surface area (Å²) in [6.45, 7) is 16.5. The molecule has 0 spiro atoms. The third-order valence-electron chi connectivity index (χ3n) is 5.28. The van der Waals surface area contributed by atoms with Gasteiger partial charge in [-0.3, -0.25) is 0 Å². The highest BCUT2D eigenvalue weighted by Gasteiger charge is 2.24.